The molecule has 3 aromatic rings. The average Bonchev–Trinajstić information content (AvgIpc) is 3.00. The number of hydrogen-bond donors (Lipinski definition) is 0. The number of halogens is 1. The standard InChI is InChI=1S/C18H17FN4OS/c1-11(22(2)3)17(24)15-14-9-10-20-18(25-4)23(14)21-16(15)12-5-7-13(19)8-6-12/h5-10H,1H2,2-4H3. The highest BCUT2D eigenvalue weighted by Crippen LogP contribution is 2.30. The van der Waals surface area contributed by atoms with E-state index in [-0.39, 0.29) is 11.6 Å². The molecule has 0 atom stereocenters. The Hall–Kier alpha value is -2.67. The van der Waals surface area contributed by atoms with Gasteiger partial charge in [0.15, 0.2) is 5.16 Å². The van der Waals surface area contributed by atoms with E-state index in [1.165, 1.54) is 23.9 Å². The second kappa shape index (κ2) is 6.68. The fourth-order valence-electron chi connectivity index (χ4n) is 2.48. The van der Waals surface area contributed by atoms with Crippen LogP contribution in [0.15, 0.2) is 54.0 Å². The van der Waals surface area contributed by atoms with Crippen LogP contribution in [0.1, 0.15) is 10.4 Å². The van der Waals surface area contributed by atoms with Crippen molar-refractivity contribution < 1.29 is 9.18 Å². The maximum absolute atomic E-state index is 13.3. The summed E-state index contributed by atoms with van der Waals surface area (Å²) in [6.07, 6.45) is 3.54. The first-order valence-electron chi connectivity index (χ1n) is 7.52. The van der Waals surface area contributed by atoms with E-state index in [9.17, 15) is 9.18 Å². The van der Waals surface area contributed by atoms with E-state index in [1.807, 2.05) is 6.26 Å². The van der Waals surface area contributed by atoms with E-state index in [1.54, 1.807) is 47.9 Å². The predicted octanol–water partition coefficient (Wildman–Crippen LogP) is 3.52. The van der Waals surface area contributed by atoms with Crippen LogP contribution in [0.4, 0.5) is 4.39 Å². The number of thioether (sulfide) groups is 1. The summed E-state index contributed by atoms with van der Waals surface area (Å²) in [5.74, 6) is -0.567. The molecule has 25 heavy (non-hydrogen) atoms. The van der Waals surface area contributed by atoms with Crippen molar-refractivity contribution in [1.29, 1.82) is 0 Å². The SMILES string of the molecule is C=C(C(=O)c1c(-c2ccc(F)cc2)nn2c(SC)nccc12)N(C)C. The van der Waals surface area contributed by atoms with E-state index in [2.05, 4.69) is 16.7 Å². The van der Waals surface area contributed by atoms with Crippen LogP contribution in [0, 0.1) is 5.82 Å². The quantitative estimate of drug-likeness (QED) is 0.303. The molecule has 0 aliphatic heterocycles. The van der Waals surface area contributed by atoms with Gasteiger partial charge in [-0.3, -0.25) is 4.79 Å². The van der Waals surface area contributed by atoms with Gasteiger partial charge in [0.25, 0.3) is 0 Å². The Morgan fingerprint density at radius 2 is 1.92 bits per heavy atom. The van der Waals surface area contributed by atoms with Gasteiger partial charge in [-0.1, -0.05) is 18.3 Å². The van der Waals surface area contributed by atoms with Gasteiger partial charge in [0.05, 0.1) is 16.8 Å². The molecule has 128 valence electrons. The number of likely N-dealkylation sites (N-methyl/N-ethyl adjacent to an activating group) is 1. The van der Waals surface area contributed by atoms with Crippen LogP contribution < -0.4 is 0 Å². The Bertz CT molecular complexity index is 963. The number of benzene rings is 1. The number of fused-ring (bicyclic) bond motifs is 1. The minimum absolute atomic E-state index is 0.224. The van der Waals surface area contributed by atoms with Crippen molar-refractivity contribution in [2.24, 2.45) is 0 Å². The highest BCUT2D eigenvalue weighted by molar-refractivity contribution is 7.98. The molecule has 0 N–H and O–H groups in total. The molecule has 0 bridgehead atoms. The summed E-state index contributed by atoms with van der Waals surface area (Å²) in [6, 6.07) is 7.66. The minimum atomic E-state index is -0.343. The van der Waals surface area contributed by atoms with Crippen LogP contribution in [0.3, 0.4) is 0 Å². The number of carbonyl (C=O) groups is 1. The molecule has 0 saturated carbocycles. The van der Waals surface area contributed by atoms with Gasteiger partial charge in [0.2, 0.25) is 5.78 Å². The van der Waals surface area contributed by atoms with Crippen molar-refractivity contribution in [3.05, 3.63) is 60.2 Å². The number of carbonyl (C=O) groups excluding carboxylic acids is 1. The summed E-state index contributed by atoms with van der Waals surface area (Å²) >= 11 is 1.43. The smallest absolute Gasteiger partial charge is 0.212 e. The van der Waals surface area contributed by atoms with Crippen molar-refractivity contribution in [2.45, 2.75) is 5.16 Å². The second-order valence-electron chi connectivity index (χ2n) is 5.63. The summed E-state index contributed by atoms with van der Waals surface area (Å²) in [5.41, 5.74) is 2.57. The molecule has 0 fully saturated rings. The predicted molar refractivity (Wildman–Crippen MR) is 97.3 cm³/mol. The first-order valence-corrected chi connectivity index (χ1v) is 8.75. The van der Waals surface area contributed by atoms with E-state index in [0.29, 0.717) is 33.2 Å². The number of allylic oxidation sites excluding steroid dienone is 1. The van der Waals surface area contributed by atoms with E-state index < -0.39 is 0 Å². The van der Waals surface area contributed by atoms with Crippen molar-refractivity contribution >= 4 is 23.1 Å². The zero-order valence-corrected chi connectivity index (χ0v) is 15.0. The van der Waals surface area contributed by atoms with Gasteiger partial charge in [-0.2, -0.15) is 5.10 Å². The molecule has 5 nitrogen and oxygen atoms in total. The second-order valence-corrected chi connectivity index (χ2v) is 6.40. The van der Waals surface area contributed by atoms with Gasteiger partial charge in [0, 0.05) is 25.9 Å². The molecule has 0 radical (unpaired) electrons. The fraction of sp³-hybridized carbons (Fsp3) is 0.167. The van der Waals surface area contributed by atoms with E-state index in [0.717, 1.165) is 0 Å². The number of Topliss-reactive ketones (excluding diaryl/α,β-unsaturated/α-hetero) is 1. The van der Waals surface area contributed by atoms with Crippen LogP contribution in [0.5, 0.6) is 0 Å². The lowest BCUT2D eigenvalue weighted by Crippen LogP contribution is -2.18. The Balaban J connectivity index is 2.31. The van der Waals surface area contributed by atoms with Gasteiger partial charge >= 0.3 is 0 Å². The Kier molecular flexibility index (Phi) is 4.59. The van der Waals surface area contributed by atoms with Crippen molar-refractivity contribution in [2.75, 3.05) is 20.4 Å². The topological polar surface area (TPSA) is 50.5 Å². The zero-order chi connectivity index (χ0) is 18.1. The molecule has 7 heteroatoms. The van der Waals surface area contributed by atoms with E-state index >= 15 is 0 Å². The Morgan fingerprint density at radius 3 is 2.52 bits per heavy atom. The minimum Gasteiger partial charge on any atom is -0.375 e. The number of nitrogens with zero attached hydrogens (tertiary/aromatic N) is 4. The molecular formula is C18H17FN4OS. The van der Waals surface area contributed by atoms with Crippen molar-refractivity contribution in [1.82, 2.24) is 19.5 Å². The van der Waals surface area contributed by atoms with Crippen LogP contribution in [-0.2, 0) is 0 Å². The maximum Gasteiger partial charge on any atom is 0.212 e. The van der Waals surface area contributed by atoms with Crippen LogP contribution in [-0.4, -0.2) is 45.6 Å². The maximum atomic E-state index is 13.3. The summed E-state index contributed by atoms with van der Waals surface area (Å²) in [7, 11) is 3.52. The summed E-state index contributed by atoms with van der Waals surface area (Å²) in [4.78, 5) is 19.0. The van der Waals surface area contributed by atoms with Gasteiger partial charge in [0.1, 0.15) is 11.5 Å². The third-order valence-electron chi connectivity index (χ3n) is 3.85. The van der Waals surface area contributed by atoms with Gasteiger partial charge in [-0.25, -0.2) is 13.9 Å². The van der Waals surface area contributed by atoms with Crippen LogP contribution in [0.2, 0.25) is 0 Å². The molecule has 0 aliphatic carbocycles. The fourth-order valence-corrected chi connectivity index (χ4v) is 2.96. The van der Waals surface area contributed by atoms with E-state index in [4.69, 9.17) is 0 Å². The number of hydrogen-bond acceptors (Lipinski definition) is 5. The highest BCUT2D eigenvalue weighted by atomic mass is 32.2. The molecule has 0 unspecified atom stereocenters. The van der Waals surface area contributed by atoms with Crippen LogP contribution >= 0.6 is 11.8 Å². The van der Waals surface area contributed by atoms with Gasteiger partial charge < -0.3 is 4.90 Å². The van der Waals surface area contributed by atoms with Crippen molar-refractivity contribution in [3.8, 4) is 11.3 Å². The number of rotatable bonds is 5. The molecule has 0 spiro atoms. The average molecular weight is 356 g/mol. The summed E-state index contributed by atoms with van der Waals surface area (Å²) in [6.45, 7) is 3.87. The third-order valence-corrected chi connectivity index (χ3v) is 4.49. The van der Waals surface area contributed by atoms with Gasteiger partial charge in [-0.05, 0) is 36.6 Å². The lowest BCUT2D eigenvalue weighted by molar-refractivity contribution is 0.101. The van der Waals surface area contributed by atoms with Crippen LogP contribution in [0.25, 0.3) is 16.8 Å². The first kappa shape index (κ1) is 17.2. The largest absolute Gasteiger partial charge is 0.375 e. The molecule has 0 aliphatic rings. The molecule has 3 rings (SSSR count). The molecular weight excluding hydrogens is 339 g/mol. The lowest BCUT2D eigenvalue weighted by Gasteiger charge is -2.14. The molecule has 1 aromatic carbocycles. The molecule has 0 amide bonds. The van der Waals surface area contributed by atoms with Gasteiger partial charge in [-0.15, -0.1) is 0 Å². The first-order chi connectivity index (χ1) is 11.9. The third kappa shape index (κ3) is 3.02. The number of ketones is 1. The highest BCUT2D eigenvalue weighted by Gasteiger charge is 2.25. The lowest BCUT2D eigenvalue weighted by atomic mass is 10.0. The molecule has 0 saturated heterocycles. The Morgan fingerprint density at radius 1 is 1.24 bits per heavy atom. The normalized spacial score (nSPS) is 10.9. The summed E-state index contributed by atoms with van der Waals surface area (Å²) < 4.78 is 14.9. The number of aromatic nitrogens is 3. The van der Waals surface area contributed by atoms with Crippen molar-refractivity contribution in [3.63, 3.8) is 0 Å². The monoisotopic (exact) mass is 356 g/mol. The molecule has 2 heterocycles. The summed E-state index contributed by atoms with van der Waals surface area (Å²) in [5, 5.41) is 5.24. The zero-order valence-electron chi connectivity index (χ0n) is 14.2. The Labute approximate surface area is 149 Å². The molecule has 2 aromatic heterocycles.